The fourth-order valence-electron chi connectivity index (χ4n) is 2.74. The molecule has 28 heavy (non-hydrogen) atoms. The first-order valence-corrected chi connectivity index (χ1v) is 8.89. The number of ether oxygens (including phenoxy) is 3. The summed E-state index contributed by atoms with van der Waals surface area (Å²) in [4.78, 5) is 33.8. The van der Waals surface area contributed by atoms with Gasteiger partial charge in [0, 0.05) is 13.0 Å². The van der Waals surface area contributed by atoms with E-state index in [0.717, 1.165) is 5.56 Å². The van der Waals surface area contributed by atoms with Crippen LogP contribution in [-0.2, 0) is 16.1 Å². The van der Waals surface area contributed by atoms with Crippen LogP contribution in [0.15, 0.2) is 42.7 Å². The molecule has 0 aliphatic carbocycles. The Hall–Kier alpha value is -3.36. The summed E-state index contributed by atoms with van der Waals surface area (Å²) in [5.41, 5.74) is 0.879. The molecule has 0 spiro atoms. The summed E-state index contributed by atoms with van der Waals surface area (Å²) in [7, 11) is 1.50. The number of benzene rings is 1. The molecule has 1 fully saturated rings. The van der Waals surface area contributed by atoms with E-state index in [1.165, 1.54) is 19.5 Å². The van der Waals surface area contributed by atoms with E-state index < -0.39 is 6.09 Å². The van der Waals surface area contributed by atoms with E-state index >= 15 is 0 Å². The second-order valence-electron chi connectivity index (χ2n) is 6.18. The van der Waals surface area contributed by atoms with Gasteiger partial charge in [0.25, 0.3) is 0 Å². The molecule has 0 saturated carbocycles. The maximum Gasteiger partial charge on any atom is 0.407 e. The first-order chi connectivity index (χ1) is 13.6. The van der Waals surface area contributed by atoms with Gasteiger partial charge in [-0.15, -0.1) is 0 Å². The zero-order chi connectivity index (χ0) is 19.8. The lowest BCUT2D eigenvalue weighted by molar-refractivity contribution is -0.129. The van der Waals surface area contributed by atoms with Crippen molar-refractivity contribution in [2.75, 3.05) is 26.7 Å². The van der Waals surface area contributed by atoms with Crippen molar-refractivity contribution in [3.05, 3.63) is 48.3 Å². The summed E-state index contributed by atoms with van der Waals surface area (Å²) < 4.78 is 15.9. The Bertz CT molecular complexity index is 802. The second kappa shape index (κ2) is 9.54. The highest BCUT2D eigenvalue weighted by molar-refractivity contribution is 5.82. The predicted molar refractivity (Wildman–Crippen MR) is 98.8 cm³/mol. The van der Waals surface area contributed by atoms with Crippen molar-refractivity contribution in [1.82, 2.24) is 20.2 Å². The summed E-state index contributed by atoms with van der Waals surface area (Å²) in [5.74, 6) is 0.516. The van der Waals surface area contributed by atoms with Crippen LogP contribution in [0.5, 0.6) is 11.8 Å². The fourth-order valence-corrected chi connectivity index (χ4v) is 2.74. The summed E-state index contributed by atoms with van der Waals surface area (Å²) in [6.45, 7) is 0.988. The Morgan fingerprint density at radius 1 is 1.21 bits per heavy atom. The topological polar surface area (TPSA) is 103 Å². The third-order valence-electron chi connectivity index (χ3n) is 4.18. The zero-order valence-corrected chi connectivity index (χ0v) is 15.5. The fraction of sp³-hybridized carbons (Fsp3) is 0.368. The van der Waals surface area contributed by atoms with Gasteiger partial charge in [0.15, 0.2) is 0 Å². The van der Waals surface area contributed by atoms with Crippen molar-refractivity contribution in [1.29, 1.82) is 0 Å². The summed E-state index contributed by atoms with van der Waals surface area (Å²) in [6, 6.07) is 9.33. The molecule has 0 bridgehead atoms. The number of carbonyl (C=O) groups is 2. The highest BCUT2D eigenvalue weighted by Crippen LogP contribution is 2.17. The van der Waals surface area contributed by atoms with Gasteiger partial charge in [0.05, 0.1) is 26.0 Å². The number of alkyl carbamates (subject to hydrolysis) is 1. The zero-order valence-electron chi connectivity index (χ0n) is 15.5. The van der Waals surface area contributed by atoms with Gasteiger partial charge in [-0.05, 0) is 5.56 Å². The van der Waals surface area contributed by atoms with Crippen LogP contribution in [0.25, 0.3) is 0 Å². The molecule has 1 atom stereocenters. The first kappa shape index (κ1) is 19.4. The standard InChI is InChI=1S/C19H22N4O5/c1-26-16-9-20-10-17(22-16)28-15-7-8-23(12-15)18(24)11-21-19(25)27-13-14-5-3-2-4-6-14/h2-6,9-10,15H,7-8,11-13H2,1H3,(H,21,25). The molecule has 148 valence electrons. The van der Waals surface area contributed by atoms with Crippen LogP contribution in [0.1, 0.15) is 12.0 Å². The van der Waals surface area contributed by atoms with Crippen molar-refractivity contribution in [3.63, 3.8) is 0 Å². The molecule has 1 aromatic carbocycles. The first-order valence-electron chi connectivity index (χ1n) is 8.89. The van der Waals surface area contributed by atoms with E-state index in [4.69, 9.17) is 14.2 Å². The Kier molecular flexibility index (Phi) is 6.61. The summed E-state index contributed by atoms with van der Waals surface area (Å²) in [6.07, 6.45) is 2.84. The van der Waals surface area contributed by atoms with Gasteiger partial charge in [-0.1, -0.05) is 30.3 Å². The number of hydrogen-bond donors (Lipinski definition) is 1. The maximum atomic E-state index is 12.3. The minimum Gasteiger partial charge on any atom is -0.480 e. The van der Waals surface area contributed by atoms with E-state index in [1.54, 1.807) is 4.90 Å². The Morgan fingerprint density at radius 3 is 2.79 bits per heavy atom. The van der Waals surface area contributed by atoms with Crippen LogP contribution in [0.3, 0.4) is 0 Å². The number of hydrogen-bond acceptors (Lipinski definition) is 7. The maximum absolute atomic E-state index is 12.3. The third-order valence-corrected chi connectivity index (χ3v) is 4.18. The molecule has 1 aliphatic rings. The van der Waals surface area contributed by atoms with Gasteiger partial charge >= 0.3 is 6.09 Å². The van der Waals surface area contributed by atoms with Crippen molar-refractivity contribution in [3.8, 4) is 11.8 Å². The van der Waals surface area contributed by atoms with E-state index in [2.05, 4.69) is 15.3 Å². The minimum atomic E-state index is -0.629. The number of amides is 2. The van der Waals surface area contributed by atoms with E-state index in [1.807, 2.05) is 30.3 Å². The number of likely N-dealkylation sites (tertiary alicyclic amines) is 1. The van der Waals surface area contributed by atoms with Crippen LogP contribution < -0.4 is 14.8 Å². The summed E-state index contributed by atoms with van der Waals surface area (Å²) >= 11 is 0. The number of nitrogens with one attached hydrogen (secondary N) is 1. The van der Waals surface area contributed by atoms with Gasteiger partial charge in [-0.3, -0.25) is 9.78 Å². The van der Waals surface area contributed by atoms with Gasteiger partial charge < -0.3 is 24.4 Å². The van der Waals surface area contributed by atoms with E-state index in [0.29, 0.717) is 31.3 Å². The molecule has 2 heterocycles. The molecule has 1 aliphatic heterocycles. The Balaban J connectivity index is 1.38. The van der Waals surface area contributed by atoms with Gasteiger partial charge in [0.2, 0.25) is 17.7 Å². The van der Waals surface area contributed by atoms with E-state index in [9.17, 15) is 9.59 Å². The van der Waals surface area contributed by atoms with Gasteiger partial charge in [-0.2, -0.15) is 4.98 Å². The van der Waals surface area contributed by atoms with Crippen LogP contribution in [0.2, 0.25) is 0 Å². The van der Waals surface area contributed by atoms with Crippen molar-refractivity contribution in [2.45, 2.75) is 19.1 Å². The molecular weight excluding hydrogens is 364 g/mol. The second-order valence-corrected chi connectivity index (χ2v) is 6.18. The number of nitrogens with zero attached hydrogens (tertiary/aromatic N) is 3. The molecular formula is C19H22N4O5. The molecule has 1 unspecified atom stereocenters. The van der Waals surface area contributed by atoms with Gasteiger partial charge in [0.1, 0.15) is 19.3 Å². The average molecular weight is 386 g/mol. The van der Waals surface area contributed by atoms with Crippen LogP contribution in [0.4, 0.5) is 4.79 Å². The highest BCUT2D eigenvalue weighted by atomic mass is 16.5. The molecule has 9 heteroatoms. The quantitative estimate of drug-likeness (QED) is 0.767. The predicted octanol–water partition coefficient (Wildman–Crippen LogP) is 1.39. The van der Waals surface area contributed by atoms with Gasteiger partial charge in [-0.25, -0.2) is 4.79 Å². The lowest BCUT2D eigenvalue weighted by Crippen LogP contribution is -2.40. The number of aromatic nitrogens is 2. The number of methoxy groups -OCH3 is 1. The normalized spacial score (nSPS) is 15.8. The smallest absolute Gasteiger partial charge is 0.407 e. The number of carbonyl (C=O) groups excluding carboxylic acids is 2. The lowest BCUT2D eigenvalue weighted by Gasteiger charge is -2.17. The molecule has 3 rings (SSSR count). The van der Waals surface area contributed by atoms with Crippen molar-refractivity contribution < 1.29 is 23.8 Å². The molecule has 9 nitrogen and oxygen atoms in total. The van der Waals surface area contributed by atoms with Crippen molar-refractivity contribution >= 4 is 12.0 Å². The Labute approximate surface area is 162 Å². The molecule has 1 saturated heterocycles. The molecule has 2 aromatic rings. The monoisotopic (exact) mass is 386 g/mol. The highest BCUT2D eigenvalue weighted by Gasteiger charge is 2.28. The SMILES string of the molecule is COc1cncc(OC2CCN(C(=O)CNC(=O)OCc3ccccc3)C2)n1. The van der Waals surface area contributed by atoms with E-state index in [-0.39, 0.29) is 25.2 Å². The molecule has 1 N–H and O–H groups in total. The molecule has 0 radical (unpaired) electrons. The number of rotatable bonds is 7. The summed E-state index contributed by atoms with van der Waals surface area (Å²) in [5, 5.41) is 2.48. The van der Waals surface area contributed by atoms with Crippen LogP contribution >= 0.6 is 0 Å². The Morgan fingerprint density at radius 2 is 2.00 bits per heavy atom. The average Bonchev–Trinajstić information content (AvgIpc) is 3.20. The minimum absolute atomic E-state index is 0.126. The largest absolute Gasteiger partial charge is 0.480 e. The third kappa shape index (κ3) is 5.57. The van der Waals surface area contributed by atoms with Crippen molar-refractivity contribution in [2.24, 2.45) is 0 Å². The lowest BCUT2D eigenvalue weighted by atomic mass is 10.2. The van der Waals surface area contributed by atoms with Crippen LogP contribution in [-0.4, -0.2) is 59.7 Å². The molecule has 1 aromatic heterocycles. The molecule has 2 amide bonds. The van der Waals surface area contributed by atoms with Crippen LogP contribution in [0, 0.1) is 0 Å².